The molecule has 0 spiro atoms. The van der Waals surface area contributed by atoms with Crippen LogP contribution in [0, 0.1) is 5.82 Å². The fourth-order valence-electron chi connectivity index (χ4n) is 2.40. The van der Waals surface area contributed by atoms with E-state index >= 15 is 0 Å². The van der Waals surface area contributed by atoms with E-state index in [1.807, 2.05) is 6.92 Å². The summed E-state index contributed by atoms with van der Waals surface area (Å²) in [6.07, 6.45) is 0.602. The Morgan fingerprint density at radius 3 is 3.00 bits per heavy atom. The normalized spacial score (nSPS) is 19.8. The number of halogens is 1. The Balaban J connectivity index is 2.43. The average Bonchev–Trinajstić information content (AvgIpc) is 2.38. The first-order chi connectivity index (χ1) is 8.69. The minimum Gasteiger partial charge on any atom is -0.392 e. The van der Waals surface area contributed by atoms with Gasteiger partial charge in [-0.05, 0) is 12.5 Å². The van der Waals surface area contributed by atoms with Gasteiger partial charge in [0.1, 0.15) is 11.9 Å². The van der Waals surface area contributed by atoms with Gasteiger partial charge < -0.3 is 15.3 Å². The predicted molar refractivity (Wildman–Crippen MR) is 66.8 cm³/mol. The van der Waals surface area contributed by atoms with Crippen LogP contribution in [0.1, 0.15) is 18.9 Å². The quantitative estimate of drug-likeness (QED) is 0.845. The van der Waals surface area contributed by atoms with Crippen molar-refractivity contribution in [1.82, 2.24) is 5.32 Å². The van der Waals surface area contributed by atoms with E-state index in [9.17, 15) is 14.3 Å². The number of hydrogen-bond donors (Lipinski definition) is 2. The van der Waals surface area contributed by atoms with Crippen LogP contribution in [0.25, 0.3) is 0 Å². The molecule has 4 nitrogen and oxygen atoms in total. The van der Waals surface area contributed by atoms with Crippen molar-refractivity contribution >= 4 is 11.6 Å². The summed E-state index contributed by atoms with van der Waals surface area (Å²) in [6.45, 7) is 2.70. The Morgan fingerprint density at radius 2 is 2.33 bits per heavy atom. The van der Waals surface area contributed by atoms with Crippen molar-refractivity contribution in [2.45, 2.75) is 26.0 Å². The third kappa shape index (κ3) is 2.18. The first-order valence-electron chi connectivity index (χ1n) is 6.11. The van der Waals surface area contributed by atoms with Gasteiger partial charge in [0.2, 0.25) is 5.91 Å². The fraction of sp³-hybridized carbons (Fsp3) is 0.462. The third-order valence-corrected chi connectivity index (χ3v) is 3.25. The molecule has 0 aromatic heterocycles. The Kier molecular flexibility index (Phi) is 3.81. The maximum absolute atomic E-state index is 14.0. The molecule has 1 aliphatic heterocycles. The molecule has 0 bridgehead atoms. The molecule has 0 saturated carbocycles. The van der Waals surface area contributed by atoms with Gasteiger partial charge in [-0.15, -0.1) is 0 Å². The summed E-state index contributed by atoms with van der Waals surface area (Å²) in [7, 11) is 0. The summed E-state index contributed by atoms with van der Waals surface area (Å²) in [5, 5.41) is 12.1. The topological polar surface area (TPSA) is 52.6 Å². The minimum atomic E-state index is -0.394. The van der Waals surface area contributed by atoms with E-state index < -0.39 is 5.82 Å². The van der Waals surface area contributed by atoms with Gasteiger partial charge in [-0.25, -0.2) is 4.39 Å². The number of para-hydroxylation sites is 1. The number of piperazine rings is 1. The molecule has 98 valence electrons. The molecule has 2 rings (SSSR count). The second-order valence-electron chi connectivity index (χ2n) is 4.31. The molecule has 1 fully saturated rings. The number of rotatable bonds is 3. The van der Waals surface area contributed by atoms with Crippen LogP contribution in [0.15, 0.2) is 18.2 Å². The predicted octanol–water partition coefficient (Wildman–Crippen LogP) is 1.03. The van der Waals surface area contributed by atoms with Gasteiger partial charge in [-0.1, -0.05) is 19.1 Å². The van der Waals surface area contributed by atoms with Crippen LogP contribution in [-0.4, -0.2) is 30.1 Å². The molecule has 1 unspecified atom stereocenters. The lowest BCUT2D eigenvalue weighted by Crippen LogP contribution is -2.55. The van der Waals surface area contributed by atoms with E-state index in [-0.39, 0.29) is 18.6 Å². The van der Waals surface area contributed by atoms with Crippen molar-refractivity contribution < 1.29 is 14.3 Å². The average molecular weight is 252 g/mol. The third-order valence-electron chi connectivity index (χ3n) is 3.25. The van der Waals surface area contributed by atoms with Crippen LogP contribution in [0.4, 0.5) is 10.1 Å². The van der Waals surface area contributed by atoms with E-state index in [1.54, 1.807) is 17.0 Å². The van der Waals surface area contributed by atoms with Gasteiger partial charge in [-0.2, -0.15) is 0 Å². The van der Waals surface area contributed by atoms with Crippen molar-refractivity contribution in [2.24, 2.45) is 0 Å². The van der Waals surface area contributed by atoms with Gasteiger partial charge in [0.15, 0.2) is 0 Å². The van der Waals surface area contributed by atoms with E-state index in [0.717, 1.165) is 0 Å². The minimum absolute atomic E-state index is 0.0871. The Morgan fingerprint density at radius 1 is 1.56 bits per heavy atom. The highest BCUT2D eigenvalue weighted by Gasteiger charge is 2.30. The first kappa shape index (κ1) is 12.8. The van der Waals surface area contributed by atoms with Gasteiger partial charge >= 0.3 is 0 Å². The molecular formula is C13H17FN2O2. The van der Waals surface area contributed by atoms with Crippen molar-refractivity contribution in [3.63, 3.8) is 0 Å². The molecule has 0 aliphatic carbocycles. The molecule has 1 aromatic carbocycles. The molecule has 1 amide bonds. The number of benzene rings is 1. The van der Waals surface area contributed by atoms with Crippen molar-refractivity contribution in [1.29, 1.82) is 0 Å². The van der Waals surface area contributed by atoms with Crippen LogP contribution < -0.4 is 10.2 Å². The number of aliphatic hydroxyl groups is 1. The molecule has 2 N–H and O–H groups in total. The maximum atomic E-state index is 14.0. The molecular weight excluding hydrogens is 235 g/mol. The highest BCUT2D eigenvalue weighted by Crippen LogP contribution is 2.28. The number of hydrogen-bond acceptors (Lipinski definition) is 3. The fourth-order valence-corrected chi connectivity index (χ4v) is 2.40. The second kappa shape index (κ2) is 5.35. The van der Waals surface area contributed by atoms with Gasteiger partial charge in [0.05, 0.1) is 12.3 Å². The molecule has 1 aromatic rings. The number of anilines is 1. The largest absolute Gasteiger partial charge is 0.392 e. The van der Waals surface area contributed by atoms with Crippen LogP contribution >= 0.6 is 0 Å². The molecule has 0 radical (unpaired) electrons. The summed E-state index contributed by atoms with van der Waals surface area (Å²) >= 11 is 0. The van der Waals surface area contributed by atoms with E-state index in [2.05, 4.69) is 5.32 Å². The zero-order valence-corrected chi connectivity index (χ0v) is 10.3. The molecule has 1 saturated heterocycles. The Labute approximate surface area is 105 Å². The SMILES string of the molecule is CCC1C(=O)NCCN1c1c(F)cccc1CO. The summed E-state index contributed by atoms with van der Waals surface area (Å²) in [6, 6.07) is 4.22. The lowest BCUT2D eigenvalue weighted by molar-refractivity contribution is -0.123. The summed E-state index contributed by atoms with van der Waals surface area (Å²) in [5.41, 5.74) is 0.866. The summed E-state index contributed by atoms with van der Waals surface area (Å²) in [4.78, 5) is 13.5. The lowest BCUT2D eigenvalue weighted by Gasteiger charge is -2.37. The Hall–Kier alpha value is -1.62. The monoisotopic (exact) mass is 252 g/mol. The van der Waals surface area contributed by atoms with E-state index in [0.29, 0.717) is 30.8 Å². The molecule has 18 heavy (non-hydrogen) atoms. The van der Waals surface area contributed by atoms with Gasteiger partial charge in [0.25, 0.3) is 0 Å². The highest BCUT2D eigenvalue weighted by molar-refractivity contribution is 5.86. The molecule has 5 heteroatoms. The van der Waals surface area contributed by atoms with E-state index in [4.69, 9.17) is 0 Å². The molecule has 1 atom stereocenters. The number of nitrogens with zero attached hydrogens (tertiary/aromatic N) is 1. The van der Waals surface area contributed by atoms with Crippen LogP contribution in [0.3, 0.4) is 0 Å². The standard InChI is InChI=1S/C13H17FN2O2/c1-2-11-13(18)15-6-7-16(11)12-9(8-17)4-3-5-10(12)14/h3-5,11,17H,2,6-8H2,1H3,(H,15,18). The van der Waals surface area contributed by atoms with Crippen molar-refractivity contribution in [3.8, 4) is 0 Å². The van der Waals surface area contributed by atoms with Gasteiger partial charge in [0, 0.05) is 18.7 Å². The molecule has 1 heterocycles. The second-order valence-corrected chi connectivity index (χ2v) is 4.31. The number of carbonyl (C=O) groups is 1. The number of aliphatic hydroxyl groups excluding tert-OH is 1. The number of carbonyl (C=O) groups excluding carboxylic acids is 1. The van der Waals surface area contributed by atoms with Crippen LogP contribution in [0.2, 0.25) is 0 Å². The highest BCUT2D eigenvalue weighted by atomic mass is 19.1. The Bertz CT molecular complexity index is 451. The van der Waals surface area contributed by atoms with Crippen LogP contribution in [0.5, 0.6) is 0 Å². The zero-order valence-electron chi connectivity index (χ0n) is 10.3. The summed E-state index contributed by atoms with van der Waals surface area (Å²) < 4.78 is 14.0. The van der Waals surface area contributed by atoms with Gasteiger partial charge in [-0.3, -0.25) is 4.79 Å². The lowest BCUT2D eigenvalue weighted by atomic mass is 10.1. The zero-order chi connectivity index (χ0) is 13.1. The first-order valence-corrected chi connectivity index (χ1v) is 6.11. The smallest absolute Gasteiger partial charge is 0.242 e. The maximum Gasteiger partial charge on any atom is 0.242 e. The molecule has 1 aliphatic rings. The number of nitrogens with one attached hydrogen (secondary N) is 1. The van der Waals surface area contributed by atoms with Crippen molar-refractivity contribution in [3.05, 3.63) is 29.6 Å². The van der Waals surface area contributed by atoms with Crippen molar-refractivity contribution in [2.75, 3.05) is 18.0 Å². The van der Waals surface area contributed by atoms with E-state index in [1.165, 1.54) is 6.07 Å². The summed E-state index contributed by atoms with van der Waals surface area (Å²) in [5.74, 6) is -0.481. The number of amides is 1. The van der Waals surface area contributed by atoms with Crippen LogP contribution in [-0.2, 0) is 11.4 Å².